The Morgan fingerprint density at radius 2 is 2.07 bits per heavy atom. The molecule has 2 aromatic rings. The number of rotatable bonds is 7. The molecule has 0 saturated heterocycles. The summed E-state index contributed by atoms with van der Waals surface area (Å²) in [6.45, 7) is 2.65. The Kier molecular flexibility index (Phi) is 6.19. The molecule has 1 atom stereocenters. The van der Waals surface area contributed by atoms with Gasteiger partial charge < -0.3 is 14.5 Å². The van der Waals surface area contributed by atoms with E-state index in [0.717, 1.165) is 16.8 Å². The van der Waals surface area contributed by atoms with Crippen molar-refractivity contribution in [1.29, 1.82) is 0 Å². The molecule has 0 fully saturated rings. The molecule has 1 amide bonds. The highest BCUT2D eigenvalue weighted by molar-refractivity contribution is 6.01. The van der Waals surface area contributed by atoms with Crippen LogP contribution in [0.15, 0.2) is 53.7 Å². The van der Waals surface area contributed by atoms with Gasteiger partial charge in [-0.05, 0) is 30.2 Å². The van der Waals surface area contributed by atoms with Gasteiger partial charge in [0.2, 0.25) is 5.91 Å². The van der Waals surface area contributed by atoms with Crippen LogP contribution in [-0.2, 0) is 20.9 Å². The van der Waals surface area contributed by atoms with E-state index in [1.807, 2.05) is 31.2 Å². The van der Waals surface area contributed by atoms with E-state index in [4.69, 9.17) is 9.57 Å². The van der Waals surface area contributed by atoms with Crippen molar-refractivity contribution < 1.29 is 18.8 Å². The van der Waals surface area contributed by atoms with Crippen molar-refractivity contribution in [2.45, 2.75) is 26.0 Å². The van der Waals surface area contributed by atoms with E-state index in [1.165, 1.54) is 24.8 Å². The van der Waals surface area contributed by atoms with Crippen molar-refractivity contribution in [3.05, 3.63) is 71.0 Å². The predicted octanol–water partition coefficient (Wildman–Crippen LogP) is 3.30. The first-order valence-corrected chi connectivity index (χ1v) is 8.86. The zero-order chi connectivity index (χ0) is 19.2. The van der Waals surface area contributed by atoms with Gasteiger partial charge in [-0.25, -0.2) is 4.39 Å². The van der Waals surface area contributed by atoms with E-state index in [9.17, 15) is 9.18 Å². The molecule has 0 bridgehead atoms. The maximum absolute atomic E-state index is 13.5. The van der Waals surface area contributed by atoms with Crippen LogP contribution < -0.4 is 0 Å². The van der Waals surface area contributed by atoms with E-state index in [-0.39, 0.29) is 24.4 Å². The number of hydrogen-bond acceptors (Lipinski definition) is 4. The van der Waals surface area contributed by atoms with Gasteiger partial charge >= 0.3 is 0 Å². The minimum absolute atomic E-state index is 0.0340. The zero-order valence-corrected chi connectivity index (χ0v) is 15.5. The summed E-state index contributed by atoms with van der Waals surface area (Å²) in [5.74, 6) is -0.497. The van der Waals surface area contributed by atoms with Crippen molar-refractivity contribution in [2.75, 3.05) is 20.3 Å². The largest absolute Gasteiger partial charge is 0.390 e. The monoisotopic (exact) mass is 370 g/mol. The molecule has 0 aliphatic carbocycles. The van der Waals surface area contributed by atoms with Crippen LogP contribution >= 0.6 is 0 Å². The molecule has 2 aromatic carbocycles. The first-order chi connectivity index (χ1) is 13.0. The summed E-state index contributed by atoms with van der Waals surface area (Å²) in [7, 11) is 1.48. The Morgan fingerprint density at radius 1 is 1.30 bits per heavy atom. The van der Waals surface area contributed by atoms with Crippen LogP contribution in [0.1, 0.15) is 23.1 Å². The number of methoxy groups -OCH3 is 1. The Morgan fingerprint density at radius 3 is 2.78 bits per heavy atom. The van der Waals surface area contributed by atoms with Crippen molar-refractivity contribution in [3.63, 3.8) is 0 Å². The van der Waals surface area contributed by atoms with Crippen LogP contribution in [0, 0.1) is 12.7 Å². The first-order valence-electron chi connectivity index (χ1n) is 8.86. The lowest BCUT2D eigenvalue weighted by Gasteiger charge is -2.24. The number of nitrogens with zero attached hydrogens (tertiary/aromatic N) is 2. The van der Waals surface area contributed by atoms with Crippen LogP contribution in [0.2, 0.25) is 0 Å². The molecule has 1 heterocycles. The van der Waals surface area contributed by atoms with Crippen molar-refractivity contribution in [2.24, 2.45) is 5.16 Å². The molecule has 1 aliphatic heterocycles. The number of carbonyl (C=O) groups is 1. The number of ether oxygens (including phenoxy) is 1. The van der Waals surface area contributed by atoms with E-state index < -0.39 is 0 Å². The van der Waals surface area contributed by atoms with E-state index in [2.05, 4.69) is 5.16 Å². The second kappa shape index (κ2) is 8.77. The third kappa shape index (κ3) is 5.14. The fourth-order valence-electron chi connectivity index (χ4n) is 3.01. The van der Waals surface area contributed by atoms with Gasteiger partial charge in [-0.2, -0.15) is 0 Å². The van der Waals surface area contributed by atoms with Crippen molar-refractivity contribution >= 4 is 11.6 Å². The van der Waals surface area contributed by atoms with Gasteiger partial charge in [0.15, 0.2) is 6.10 Å². The standard InChI is InChI=1S/C21H23FN2O3/c1-15-6-8-17(9-7-15)20-11-19(27-23-20)13-24(21(25)14-26-2)12-16-4-3-5-18(22)10-16/h3-10,19H,11-14H2,1-2H3/t19-/m1/s1. The lowest BCUT2D eigenvalue weighted by Crippen LogP contribution is -2.39. The molecule has 1 aliphatic rings. The van der Waals surface area contributed by atoms with Crippen LogP contribution in [0.4, 0.5) is 4.39 Å². The SMILES string of the molecule is COCC(=O)N(Cc1cccc(F)c1)C[C@H]1CC(c2ccc(C)cc2)=NO1. The Labute approximate surface area is 158 Å². The van der Waals surface area contributed by atoms with E-state index in [0.29, 0.717) is 19.5 Å². The third-order valence-corrected chi connectivity index (χ3v) is 4.42. The normalized spacial score (nSPS) is 16.0. The lowest BCUT2D eigenvalue weighted by molar-refractivity contribution is -0.137. The fourth-order valence-corrected chi connectivity index (χ4v) is 3.01. The van der Waals surface area contributed by atoms with Gasteiger partial charge in [-0.1, -0.05) is 47.1 Å². The van der Waals surface area contributed by atoms with E-state index >= 15 is 0 Å². The summed E-state index contributed by atoms with van der Waals surface area (Å²) < 4.78 is 18.4. The summed E-state index contributed by atoms with van der Waals surface area (Å²) >= 11 is 0. The molecule has 3 rings (SSSR count). The smallest absolute Gasteiger partial charge is 0.248 e. The van der Waals surface area contributed by atoms with Gasteiger partial charge in [0.05, 0.1) is 12.3 Å². The summed E-state index contributed by atoms with van der Waals surface area (Å²) in [4.78, 5) is 19.6. The van der Waals surface area contributed by atoms with Crippen LogP contribution in [0.3, 0.4) is 0 Å². The number of amides is 1. The molecule has 142 valence electrons. The predicted molar refractivity (Wildman–Crippen MR) is 101 cm³/mol. The highest BCUT2D eigenvalue weighted by Crippen LogP contribution is 2.19. The number of carbonyl (C=O) groups excluding carboxylic acids is 1. The second-order valence-corrected chi connectivity index (χ2v) is 6.67. The molecule has 5 nitrogen and oxygen atoms in total. The summed E-state index contributed by atoms with van der Waals surface area (Å²) in [5, 5.41) is 4.18. The number of oxime groups is 1. The first kappa shape index (κ1) is 19.0. The molecule has 0 spiro atoms. The maximum Gasteiger partial charge on any atom is 0.248 e. The number of halogens is 1. The Hall–Kier alpha value is -2.73. The summed E-state index contributed by atoms with van der Waals surface area (Å²) in [6.07, 6.45) is 0.374. The van der Waals surface area contributed by atoms with Gasteiger partial charge in [0.1, 0.15) is 12.4 Å². The minimum atomic E-state index is -0.325. The second-order valence-electron chi connectivity index (χ2n) is 6.67. The summed E-state index contributed by atoms with van der Waals surface area (Å²) in [6, 6.07) is 14.3. The van der Waals surface area contributed by atoms with Crippen LogP contribution in [0.5, 0.6) is 0 Å². The Balaban J connectivity index is 1.66. The zero-order valence-electron chi connectivity index (χ0n) is 15.5. The topological polar surface area (TPSA) is 51.1 Å². The molecule has 27 heavy (non-hydrogen) atoms. The fraction of sp³-hybridized carbons (Fsp3) is 0.333. The highest BCUT2D eigenvalue weighted by Gasteiger charge is 2.26. The minimum Gasteiger partial charge on any atom is -0.390 e. The van der Waals surface area contributed by atoms with Gasteiger partial charge in [0, 0.05) is 20.1 Å². The molecule has 0 saturated carbocycles. The van der Waals surface area contributed by atoms with Gasteiger partial charge in [0.25, 0.3) is 0 Å². The number of aryl methyl sites for hydroxylation is 1. The molecule has 6 heteroatoms. The number of hydrogen-bond donors (Lipinski definition) is 0. The van der Waals surface area contributed by atoms with Crippen LogP contribution in [-0.4, -0.2) is 42.9 Å². The maximum atomic E-state index is 13.5. The van der Waals surface area contributed by atoms with Crippen LogP contribution in [0.25, 0.3) is 0 Å². The summed E-state index contributed by atoms with van der Waals surface area (Å²) in [5.41, 5.74) is 3.78. The van der Waals surface area contributed by atoms with Crippen molar-refractivity contribution in [1.82, 2.24) is 4.90 Å². The van der Waals surface area contributed by atoms with Gasteiger partial charge in [-0.15, -0.1) is 0 Å². The highest BCUT2D eigenvalue weighted by atomic mass is 19.1. The molecular weight excluding hydrogens is 347 g/mol. The third-order valence-electron chi connectivity index (χ3n) is 4.42. The van der Waals surface area contributed by atoms with Crippen molar-refractivity contribution in [3.8, 4) is 0 Å². The molecule has 0 aromatic heterocycles. The molecule has 0 unspecified atom stereocenters. The quantitative estimate of drug-likeness (QED) is 0.751. The Bertz CT molecular complexity index is 820. The van der Waals surface area contributed by atoms with E-state index in [1.54, 1.807) is 17.0 Å². The lowest BCUT2D eigenvalue weighted by atomic mass is 10.0. The number of benzene rings is 2. The molecule has 0 N–H and O–H groups in total. The molecular formula is C21H23FN2O3. The molecule has 0 radical (unpaired) electrons. The average Bonchev–Trinajstić information content (AvgIpc) is 3.10. The van der Waals surface area contributed by atoms with Gasteiger partial charge in [-0.3, -0.25) is 4.79 Å². The average molecular weight is 370 g/mol.